The topological polar surface area (TPSA) is 168 Å². The highest BCUT2D eigenvalue weighted by atomic mass is 32.2. The fourth-order valence-corrected chi connectivity index (χ4v) is 4.06. The predicted molar refractivity (Wildman–Crippen MR) is 121 cm³/mol. The predicted octanol–water partition coefficient (Wildman–Crippen LogP) is 0.441. The number of aromatic nitrogens is 1. The van der Waals surface area contributed by atoms with Crippen molar-refractivity contribution in [1.29, 1.82) is 5.41 Å². The van der Waals surface area contributed by atoms with Crippen molar-refractivity contribution in [2.24, 2.45) is 5.73 Å². The largest absolute Gasteiger partial charge is 0.368 e. The number of nitrogens with one attached hydrogen (secondary N) is 4. The molecule has 0 unspecified atom stereocenters. The first-order valence-electron chi connectivity index (χ1n) is 9.94. The van der Waals surface area contributed by atoms with E-state index < -0.39 is 21.5 Å². The van der Waals surface area contributed by atoms with Crippen LogP contribution in [0, 0.1) is 12.3 Å². The molecule has 0 aliphatic rings. The zero-order valence-electron chi connectivity index (χ0n) is 18.0. The van der Waals surface area contributed by atoms with Crippen molar-refractivity contribution in [3.05, 3.63) is 58.0 Å². The van der Waals surface area contributed by atoms with E-state index in [1.807, 2.05) is 6.92 Å². The number of amides is 1. The van der Waals surface area contributed by atoms with Crippen LogP contribution in [0.1, 0.15) is 24.6 Å². The molecule has 0 atom stereocenters. The standard InChI is InChI=1S/C20H28N6O5S/c1-3-5-15-8-9-17(25-32(29,30)16-7-4-6-14(2)12-16)19(28)26(15)13-18(27)23-10-11-31-24-20(21)22/h4,6-9,12,25H,3,5,10-11,13H2,1-2H3,(H,23,27)(H4,21,22,24). The quantitative estimate of drug-likeness (QED) is 0.139. The summed E-state index contributed by atoms with van der Waals surface area (Å²) in [5.41, 5.74) is 7.83. The van der Waals surface area contributed by atoms with Crippen LogP contribution in [0.15, 0.2) is 46.1 Å². The number of nitrogens with zero attached hydrogens (tertiary/aromatic N) is 1. The normalized spacial score (nSPS) is 11.1. The molecular weight excluding hydrogens is 436 g/mol. The number of aryl methyl sites for hydroxylation is 2. The van der Waals surface area contributed by atoms with Crippen molar-refractivity contribution in [3.8, 4) is 0 Å². The molecule has 1 aromatic heterocycles. The van der Waals surface area contributed by atoms with Crippen LogP contribution in [-0.2, 0) is 32.6 Å². The average Bonchev–Trinajstić information content (AvgIpc) is 2.72. The molecule has 1 heterocycles. The van der Waals surface area contributed by atoms with Crippen LogP contribution in [0.4, 0.5) is 5.69 Å². The maximum Gasteiger partial charge on any atom is 0.275 e. The van der Waals surface area contributed by atoms with E-state index in [2.05, 4.69) is 15.5 Å². The van der Waals surface area contributed by atoms with Gasteiger partial charge in [-0.3, -0.25) is 24.6 Å². The Morgan fingerprint density at radius 3 is 2.66 bits per heavy atom. The van der Waals surface area contributed by atoms with Gasteiger partial charge in [0.15, 0.2) is 0 Å². The number of nitrogens with two attached hydrogens (primary N) is 1. The molecule has 0 aliphatic heterocycles. The Morgan fingerprint density at radius 2 is 2.00 bits per heavy atom. The summed E-state index contributed by atoms with van der Waals surface area (Å²) in [6.45, 7) is 3.59. The molecule has 6 N–H and O–H groups in total. The Kier molecular flexibility index (Phi) is 8.79. The number of anilines is 1. The van der Waals surface area contributed by atoms with E-state index in [0.717, 1.165) is 12.0 Å². The Morgan fingerprint density at radius 1 is 1.25 bits per heavy atom. The monoisotopic (exact) mass is 464 g/mol. The lowest BCUT2D eigenvalue weighted by Gasteiger charge is -2.15. The second-order valence-electron chi connectivity index (χ2n) is 7.02. The number of pyridine rings is 1. The molecule has 11 nitrogen and oxygen atoms in total. The van der Waals surface area contributed by atoms with E-state index >= 15 is 0 Å². The van der Waals surface area contributed by atoms with Gasteiger partial charge in [-0.15, -0.1) is 0 Å². The minimum atomic E-state index is -3.97. The van der Waals surface area contributed by atoms with Crippen LogP contribution >= 0.6 is 0 Å². The molecule has 0 fully saturated rings. The minimum absolute atomic E-state index is 0.0398. The SMILES string of the molecule is CCCc1ccc(NS(=O)(=O)c2cccc(C)c2)c(=O)n1CC(=O)NCCONC(=N)N. The molecule has 0 aliphatic carbocycles. The minimum Gasteiger partial charge on any atom is -0.368 e. The molecular formula is C20H28N6O5S. The van der Waals surface area contributed by atoms with E-state index in [0.29, 0.717) is 12.1 Å². The third kappa shape index (κ3) is 7.10. The van der Waals surface area contributed by atoms with Crippen LogP contribution in [0.5, 0.6) is 0 Å². The number of carbonyl (C=O) groups is 1. The third-order valence-corrected chi connectivity index (χ3v) is 5.69. The van der Waals surface area contributed by atoms with E-state index in [4.69, 9.17) is 16.0 Å². The van der Waals surface area contributed by atoms with Gasteiger partial charge in [-0.25, -0.2) is 13.9 Å². The first kappa shape index (κ1) is 24.9. The van der Waals surface area contributed by atoms with Gasteiger partial charge in [-0.05, 0) is 43.2 Å². The number of benzene rings is 1. The first-order chi connectivity index (χ1) is 15.1. The third-order valence-electron chi connectivity index (χ3n) is 4.33. The molecule has 0 bridgehead atoms. The number of guanidine groups is 1. The van der Waals surface area contributed by atoms with Gasteiger partial charge < -0.3 is 15.6 Å². The number of carbonyl (C=O) groups excluding carboxylic acids is 1. The fourth-order valence-electron chi connectivity index (χ4n) is 2.90. The van der Waals surface area contributed by atoms with E-state index in [1.165, 1.54) is 22.8 Å². The molecule has 0 radical (unpaired) electrons. The van der Waals surface area contributed by atoms with E-state index in [9.17, 15) is 18.0 Å². The molecule has 2 aromatic rings. The van der Waals surface area contributed by atoms with Gasteiger partial charge in [-0.1, -0.05) is 25.5 Å². The number of sulfonamides is 1. The highest BCUT2D eigenvalue weighted by Crippen LogP contribution is 2.15. The fraction of sp³-hybridized carbons (Fsp3) is 0.350. The second-order valence-corrected chi connectivity index (χ2v) is 8.70. The number of rotatable bonds is 11. The van der Waals surface area contributed by atoms with E-state index in [1.54, 1.807) is 25.1 Å². The molecule has 0 saturated heterocycles. The van der Waals surface area contributed by atoms with Gasteiger partial charge in [0, 0.05) is 12.2 Å². The summed E-state index contributed by atoms with van der Waals surface area (Å²) in [5, 5.41) is 9.55. The van der Waals surface area contributed by atoms with Crippen LogP contribution < -0.4 is 26.8 Å². The van der Waals surface area contributed by atoms with Gasteiger partial charge >= 0.3 is 0 Å². The molecule has 12 heteroatoms. The van der Waals surface area contributed by atoms with Crippen molar-refractivity contribution in [2.75, 3.05) is 17.9 Å². The summed E-state index contributed by atoms with van der Waals surface area (Å²) in [6, 6.07) is 9.37. The lowest BCUT2D eigenvalue weighted by Crippen LogP contribution is -2.38. The first-order valence-corrected chi connectivity index (χ1v) is 11.4. The summed E-state index contributed by atoms with van der Waals surface area (Å²) in [7, 11) is -3.97. The van der Waals surface area contributed by atoms with Crippen LogP contribution in [0.3, 0.4) is 0 Å². The Labute approximate surface area is 186 Å². The van der Waals surface area contributed by atoms with Crippen molar-refractivity contribution >= 4 is 27.6 Å². The number of hydroxylamine groups is 1. The van der Waals surface area contributed by atoms with Gasteiger partial charge in [0.25, 0.3) is 15.6 Å². The van der Waals surface area contributed by atoms with Crippen LogP contribution in [-0.4, -0.2) is 38.0 Å². The second kappa shape index (κ2) is 11.3. The molecule has 32 heavy (non-hydrogen) atoms. The summed E-state index contributed by atoms with van der Waals surface area (Å²) in [5.74, 6) is -0.813. The zero-order chi connectivity index (χ0) is 23.7. The van der Waals surface area contributed by atoms with Gasteiger partial charge in [0.1, 0.15) is 12.2 Å². The number of hydrogen-bond acceptors (Lipinski definition) is 6. The Hall–Kier alpha value is -3.38. The van der Waals surface area contributed by atoms with Crippen molar-refractivity contribution < 1.29 is 18.0 Å². The highest BCUT2D eigenvalue weighted by molar-refractivity contribution is 7.92. The molecule has 1 amide bonds. The zero-order valence-corrected chi connectivity index (χ0v) is 18.8. The maximum absolute atomic E-state index is 13.0. The lowest BCUT2D eigenvalue weighted by atomic mass is 10.2. The lowest BCUT2D eigenvalue weighted by molar-refractivity contribution is -0.122. The van der Waals surface area contributed by atoms with Crippen molar-refractivity contribution in [1.82, 2.24) is 15.4 Å². The average molecular weight is 465 g/mol. The summed E-state index contributed by atoms with van der Waals surface area (Å²) in [6.07, 6.45) is 1.28. The molecule has 174 valence electrons. The molecule has 1 aromatic carbocycles. The van der Waals surface area contributed by atoms with Crippen LogP contribution in [0.2, 0.25) is 0 Å². The molecule has 0 saturated carbocycles. The molecule has 0 spiro atoms. The summed E-state index contributed by atoms with van der Waals surface area (Å²) in [4.78, 5) is 30.2. The number of hydrogen-bond donors (Lipinski definition) is 5. The van der Waals surface area contributed by atoms with E-state index in [-0.39, 0.29) is 36.2 Å². The maximum atomic E-state index is 13.0. The van der Waals surface area contributed by atoms with Crippen molar-refractivity contribution in [3.63, 3.8) is 0 Å². The highest BCUT2D eigenvalue weighted by Gasteiger charge is 2.18. The van der Waals surface area contributed by atoms with Crippen LogP contribution in [0.25, 0.3) is 0 Å². The summed E-state index contributed by atoms with van der Waals surface area (Å²) < 4.78 is 29.0. The summed E-state index contributed by atoms with van der Waals surface area (Å²) >= 11 is 0. The Bertz CT molecular complexity index is 1130. The van der Waals surface area contributed by atoms with Gasteiger partial charge in [-0.2, -0.15) is 0 Å². The molecule has 2 rings (SSSR count). The Balaban J connectivity index is 2.20. The smallest absolute Gasteiger partial charge is 0.275 e. The van der Waals surface area contributed by atoms with Crippen molar-refractivity contribution in [2.45, 2.75) is 38.1 Å². The van der Waals surface area contributed by atoms with Gasteiger partial charge in [0.05, 0.1) is 11.5 Å². The van der Waals surface area contributed by atoms with Gasteiger partial charge in [0.2, 0.25) is 11.9 Å².